The van der Waals surface area contributed by atoms with Crippen molar-refractivity contribution in [1.82, 2.24) is 9.55 Å². The number of aliphatic hydroxyl groups excluding tert-OH is 2. The standard InChI is InChI=1S/C13H17N3O2/c1-10-7-16(9-15-10)12-4-2-11(3-5-12)14-6-13(18)8-17/h2-5,7,9,13-14,17-18H,6,8H2,1H3. The van der Waals surface area contributed by atoms with Gasteiger partial charge in [0.1, 0.15) is 0 Å². The molecule has 0 saturated heterocycles. The van der Waals surface area contributed by atoms with Crippen LogP contribution in [0.2, 0.25) is 0 Å². The van der Waals surface area contributed by atoms with Gasteiger partial charge in [-0.3, -0.25) is 0 Å². The van der Waals surface area contributed by atoms with Gasteiger partial charge in [0.15, 0.2) is 0 Å². The molecule has 0 aliphatic carbocycles. The molecule has 2 rings (SSSR count). The molecule has 0 aliphatic rings. The first-order valence-electron chi connectivity index (χ1n) is 5.83. The van der Waals surface area contributed by atoms with Gasteiger partial charge < -0.3 is 20.1 Å². The Labute approximate surface area is 106 Å². The number of hydrogen-bond acceptors (Lipinski definition) is 4. The summed E-state index contributed by atoms with van der Waals surface area (Å²) in [5, 5.41) is 21.0. The fourth-order valence-electron chi connectivity index (χ4n) is 1.61. The molecule has 18 heavy (non-hydrogen) atoms. The van der Waals surface area contributed by atoms with Gasteiger partial charge in [-0.2, -0.15) is 0 Å². The van der Waals surface area contributed by atoms with Crippen molar-refractivity contribution >= 4 is 5.69 Å². The lowest BCUT2D eigenvalue weighted by atomic mass is 10.2. The number of aromatic nitrogens is 2. The summed E-state index contributed by atoms with van der Waals surface area (Å²) in [6.45, 7) is 2.04. The highest BCUT2D eigenvalue weighted by molar-refractivity contribution is 5.48. The summed E-state index contributed by atoms with van der Waals surface area (Å²) in [5.41, 5.74) is 2.91. The number of benzene rings is 1. The Morgan fingerprint density at radius 3 is 2.61 bits per heavy atom. The van der Waals surface area contributed by atoms with Crippen LogP contribution < -0.4 is 5.32 Å². The van der Waals surface area contributed by atoms with E-state index in [2.05, 4.69) is 10.3 Å². The molecule has 1 aromatic heterocycles. The smallest absolute Gasteiger partial charge is 0.0995 e. The summed E-state index contributed by atoms with van der Waals surface area (Å²) in [6, 6.07) is 7.78. The Balaban J connectivity index is 2.01. The van der Waals surface area contributed by atoms with Crippen LogP contribution in [0.25, 0.3) is 5.69 Å². The second-order valence-corrected chi connectivity index (χ2v) is 4.19. The zero-order valence-electron chi connectivity index (χ0n) is 10.2. The molecule has 5 nitrogen and oxygen atoms in total. The molecule has 0 amide bonds. The van der Waals surface area contributed by atoms with Gasteiger partial charge in [0, 0.05) is 24.1 Å². The van der Waals surface area contributed by atoms with E-state index in [9.17, 15) is 5.11 Å². The molecule has 0 fully saturated rings. The topological polar surface area (TPSA) is 70.3 Å². The molecule has 0 radical (unpaired) electrons. The van der Waals surface area contributed by atoms with Crippen LogP contribution in [0.15, 0.2) is 36.8 Å². The second-order valence-electron chi connectivity index (χ2n) is 4.19. The van der Waals surface area contributed by atoms with Crippen LogP contribution in [-0.2, 0) is 0 Å². The summed E-state index contributed by atoms with van der Waals surface area (Å²) in [7, 11) is 0. The molecule has 0 aliphatic heterocycles. The summed E-state index contributed by atoms with van der Waals surface area (Å²) < 4.78 is 1.95. The van der Waals surface area contributed by atoms with Crippen molar-refractivity contribution in [3.8, 4) is 5.69 Å². The van der Waals surface area contributed by atoms with Crippen LogP contribution in [0.1, 0.15) is 5.69 Å². The van der Waals surface area contributed by atoms with Gasteiger partial charge in [0.05, 0.1) is 24.7 Å². The zero-order chi connectivity index (χ0) is 13.0. The van der Waals surface area contributed by atoms with Crippen LogP contribution in [-0.4, -0.2) is 39.0 Å². The highest BCUT2D eigenvalue weighted by atomic mass is 16.3. The van der Waals surface area contributed by atoms with E-state index in [0.717, 1.165) is 17.1 Å². The molecule has 1 atom stereocenters. The van der Waals surface area contributed by atoms with E-state index in [1.165, 1.54) is 0 Å². The summed E-state index contributed by atoms with van der Waals surface area (Å²) in [6.07, 6.45) is 2.99. The maximum atomic E-state index is 9.23. The molecule has 96 valence electrons. The number of hydrogen-bond donors (Lipinski definition) is 3. The minimum Gasteiger partial charge on any atom is -0.394 e. The molecule has 3 N–H and O–H groups in total. The van der Waals surface area contributed by atoms with Gasteiger partial charge in [-0.1, -0.05) is 0 Å². The van der Waals surface area contributed by atoms with E-state index in [1.54, 1.807) is 6.33 Å². The van der Waals surface area contributed by atoms with E-state index in [1.807, 2.05) is 42.0 Å². The quantitative estimate of drug-likeness (QED) is 0.735. The predicted octanol–water partition coefficient (Wildman–Crippen LogP) is 0.946. The third kappa shape index (κ3) is 3.09. The van der Waals surface area contributed by atoms with Crippen molar-refractivity contribution < 1.29 is 10.2 Å². The molecular formula is C13H17N3O2. The molecule has 1 unspecified atom stereocenters. The Morgan fingerprint density at radius 2 is 2.06 bits per heavy atom. The molecular weight excluding hydrogens is 230 g/mol. The van der Waals surface area contributed by atoms with Crippen LogP contribution in [0.4, 0.5) is 5.69 Å². The maximum absolute atomic E-state index is 9.23. The monoisotopic (exact) mass is 247 g/mol. The molecule has 1 heterocycles. The van der Waals surface area contributed by atoms with Crippen molar-refractivity contribution in [2.75, 3.05) is 18.5 Å². The number of imidazole rings is 1. The number of aryl methyl sites for hydroxylation is 1. The van der Waals surface area contributed by atoms with Crippen molar-refractivity contribution in [3.63, 3.8) is 0 Å². The number of rotatable bonds is 5. The first kappa shape index (κ1) is 12.6. The molecule has 5 heteroatoms. The zero-order valence-corrected chi connectivity index (χ0v) is 10.2. The van der Waals surface area contributed by atoms with Gasteiger partial charge in [0.2, 0.25) is 0 Å². The minimum absolute atomic E-state index is 0.237. The number of anilines is 1. The highest BCUT2D eigenvalue weighted by Gasteiger charge is 2.02. The van der Waals surface area contributed by atoms with Crippen molar-refractivity contribution in [3.05, 3.63) is 42.5 Å². The van der Waals surface area contributed by atoms with Crippen molar-refractivity contribution in [1.29, 1.82) is 0 Å². The summed E-state index contributed by atoms with van der Waals surface area (Å²) in [4.78, 5) is 4.17. The Kier molecular flexibility index (Phi) is 3.96. The summed E-state index contributed by atoms with van der Waals surface area (Å²) >= 11 is 0. The lowest BCUT2D eigenvalue weighted by Gasteiger charge is -2.10. The maximum Gasteiger partial charge on any atom is 0.0995 e. The fraction of sp³-hybridized carbons (Fsp3) is 0.308. The summed E-state index contributed by atoms with van der Waals surface area (Å²) in [5.74, 6) is 0. The first-order valence-corrected chi connectivity index (χ1v) is 5.83. The third-order valence-electron chi connectivity index (χ3n) is 2.63. The molecule has 0 saturated carbocycles. The third-order valence-corrected chi connectivity index (χ3v) is 2.63. The first-order chi connectivity index (χ1) is 8.69. The normalized spacial score (nSPS) is 12.4. The van der Waals surface area contributed by atoms with E-state index in [4.69, 9.17) is 5.11 Å². The van der Waals surface area contributed by atoms with Crippen LogP contribution in [0.5, 0.6) is 0 Å². The van der Waals surface area contributed by atoms with Crippen LogP contribution >= 0.6 is 0 Å². The average molecular weight is 247 g/mol. The average Bonchev–Trinajstić information content (AvgIpc) is 2.83. The fourth-order valence-corrected chi connectivity index (χ4v) is 1.61. The van der Waals surface area contributed by atoms with Crippen molar-refractivity contribution in [2.24, 2.45) is 0 Å². The van der Waals surface area contributed by atoms with E-state index in [-0.39, 0.29) is 6.61 Å². The predicted molar refractivity (Wildman–Crippen MR) is 69.9 cm³/mol. The Hall–Kier alpha value is -1.85. The Bertz CT molecular complexity index is 493. The van der Waals surface area contributed by atoms with Crippen LogP contribution in [0, 0.1) is 6.92 Å². The van der Waals surface area contributed by atoms with Gasteiger partial charge in [-0.15, -0.1) is 0 Å². The van der Waals surface area contributed by atoms with Gasteiger partial charge >= 0.3 is 0 Å². The van der Waals surface area contributed by atoms with Gasteiger partial charge in [-0.05, 0) is 31.2 Å². The van der Waals surface area contributed by atoms with Gasteiger partial charge in [-0.25, -0.2) is 4.98 Å². The molecule has 1 aromatic carbocycles. The largest absolute Gasteiger partial charge is 0.394 e. The lowest BCUT2D eigenvalue weighted by Crippen LogP contribution is -2.22. The minimum atomic E-state index is -0.735. The molecule has 2 aromatic rings. The number of aliphatic hydroxyl groups is 2. The Morgan fingerprint density at radius 1 is 1.33 bits per heavy atom. The van der Waals surface area contributed by atoms with E-state index >= 15 is 0 Å². The van der Waals surface area contributed by atoms with E-state index in [0.29, 0.717) is 6.54 Å². The molecule has 0 bridgehead atoms. The van der Waals surface area contributed by atoms with Crippen LogP contribution in [0.3, 0.4) is 0 Å². The second kappa shape index (κ2) is 5.66. The SMILES string of the molecule is Cc1cn(-c2ccc(NCC(O)CO)cc2)cn1. The number of nitrogens with one attached hydrogen (secondary N) is 1. The molecule has 0 spiro atoms. The van der Waals surface area contributed by atoms with E-state index < -0.39 is 6.10 Å². The van der Waals surface area contributed by atoms with Crippen molar-refractivity contribution in [2.45, 2.75) is 13.0 Å². The highest BCUT2D eigenvalue weighted by Crippen LogP contribution is 2.13. The lowest BCUT2D eigenvalue weighted by molar-refractivity contribution is 0.105. The number of nitrogens with zero attached hydrogens (tertiary/aromatic N) is 2. The van der Waals surface area contributed by atoms with Gasteiger partial charge in [0.25, 0.3) is 0 Å².